The molecule has 3 aromatic heterocycles. The molecule has 2 atom stereocenters. The number of nitrogens with one attached hydrogen (secondary N) is 1. The highest BCUT2D eigenvalue weighted by atomic mass is 16.5. The number of H-pyrrole nitrogens is 1. The maximum atomic E-state index is 13.4. The van der Waals surface area contributed by atoms with Crippen LogP contribution in [0.25, 0.3) is 27.7 Å². The fourth-order valence-corrected chi connectivity index (χ4v) is 6.02. The summed E-state index contributed by atoms with van der Waals surface area (Å²) in [5, 5.41) is 0.314. The van der Waals surface area contributed by atoms with Gasteiger partial charge in [0.15, 0.2) is 5.65 Å². The molecule has 0 spiro atoms. The zero-order valence-corrected chi connectivity index (χ0v) is 19.7. The second-order valence-corrected chi connectivity index (χ2v) is 10.2. The summed E-state index contributed by atoms with van der Waals surface area (Å²) in [5.74, 6) is 2.19. The zero-order chi connectivity index (χ0) is 23.7. The number of imidazole rings is 1. The normalized spacial score (nSPS) is 22.5. The van der Waals surface area contributed by atoms with Gasteiger partial charge >= 0.3 is 5.97 Å². The number of carbonyl (C=O) groups excluding carboxylic acids is 1. The maximum Gasteiger partial charge on any atom is 0.345 e. The van der Waals surface area contributed by atoms with Crippen molar-refractivity contribution >= 4 is 39.6 Å². The predicted octanol–water partition coefficient (Wildman–Crippen LogP) is 2.68. The van der Waals surface area contributed by atoms with Gasteiger partial charge in [0, 0.05) is 38.9 Å². The molecule has 2 aliphatic heterocycles. The van der Waals surface area contributed by atoms with Crippen molar-refractivity contribution in [2.45, 2.75) is 19.8 Å². The molecule has 2 unspecified atom stereocenters. The highest BCUT2D eigenvalue weighted by Gasteiger charge is 2.42. The summed E-state index contributed by atoms with van der Waals surface area (Å²) in [6, 6.07) is 7.72. The molecule has 4 aromatic rings. The average Bonchev–Trinajstić information content (AvgIpc) is 3.27. The first kappa shape index (κ1) is 20.9. The lowest BCUT2D eigenvalue weighted by Gasteiger charge is -2.21. The first-order valence-corrected chi connectivity index (χ1v) is 12.6. The topological polar surface area (TPSA) is 95.8 Å². The number of esters is 1. The van der Waals surface area contributed by atoms with Crippen LogP contribution in [0.1, 0.15) is 30.1 Å². The minimum absolute atomic E-state index is 0.0154. The predicted molar refractivity (Wildman–Crippen MR) is 133 cm³/mol. The molecule has 5 heterocycles. The van der Waals surface area contributed by atoms with Gasteiger partial charge in [-0.25, -0.2) is 9.78 Å². The van der Waals surface area contributed by atoms with Gasteiger partial charge in [0.25, 0.3) is 0 Å². The zero-order valence-electron chi connectivity index (χ0n) is 19.7. The van der Waals surface area contributed by atoms with Crippen molar-refractivity contribution in [3.05, 3.63) is 46.2 Å². The van der Waals surface area contributed by atoms with Crippen molar-refractivity contribution in [1.29, 1.82) is 0 Å². The Morgan fingerprint density at radius 3 is 2.66 bits per heavy atom. The van der Waals surface area contributed by atoms with Gasteiger partial charge in [-0.3, -0.25) is 9.20 Å². The number of pyridine rings is 1. The van der Waals surface area contributed by atoms with Crippen molar-refractivity contribution in [3.8, 4) is 0 Å². The van der Waals surface area contributed by atoms with Crippen molar-refractivity contribution in [2.24, 2.45) is 17.8 Å². The van der Waals surface area contributed by atoms with Gasteiger partial charge < -0.3 is 19.5 Å². The minimum atomic E-state index is -0.643. The van der Waals surface area contributed by atoms with E-state index in [9.17, 15) is 9.59 Å². The van der Waals surface area contributed by atoms with Gasteiger partial charge in [-0.05, 0) is 49.7 Å². The van der Waals surface area contributed by atoms with Crippen molar-refractivity contribution in [1.82, 2.24) is 24.3 Å². The Balaban J connectivity index is 1.32. The molecule has 1 aromatic carbocycles. The van der Waals surface area contributed by atoms with Crippen molar-refractivity contribution < 1.29 is 9.53 Å². The molecule has 9 nitrogen and oxygen atoms in total. The van der Waals surface area contributed by atoms with Crippen LogP contribution in [0.2, 0.25) is 0 Å². The number of ether oxygens (including phenoxy) is 1. The van der Waals surface area contributed by atoms with Gasteiger partial charge in [0.1, 0.15) is 11.2 Å². The van der Waals surface area contributed by atoms with Gasteiger partial charge in [-0.15, -0.1) is 0 Å². The molecule has 3 aliphatic rings. The Labute approximate surface area is 201 Å². The number of likely N-dealkylation sites (tertiary alicyclic amines) is 1. The summed E-state index contributed by atoms with van der Waals surface area (Å²) >= 11 is 0. The summed E-state index contributed by atoms with van der Waals surface area (Å²) in [5.41, 5.74) is 2.14. The van der Waals surface area contributed by atoms with Gasteiger partial charge in [0.2, 0.25) is 11.4 Å². The quantitative estimate of drug-likeness (QED) is 0.446. The summed E-state index contributed by atoms with van der Waals surface area (Å²) in [6.07, 6.45) is 4.36. The first-order chi connectivity index (χ1) is 17.1. The molecule has 35 heavy (non-hydrogen) atoms. The lowest BCUT2D eigenvalue weighted by molar-refractivity contribution is 0.0527. The number of aromatic amines is 1. The monoisotopic (exact) mass is 472 g/mol. The fourth-order valence-electron chi connectivity index (χ4n) is 6.02. The van der Waals surface area contributed by atoms with E-state index < -0.39 is 11.4 Å². The third kappa shape index (κ3) is 3.32. The van der Waals surface area contributed by atoms with Crippen LogP contribution in [0.3, 0.4) is 0 Å². The van der Waals surface area contributed by atoms with Crippen LogP contribution in [0, 0.1) is 17.8 Å². The lowest BCUT2D eigenvalue weighted by Crippen LogP contribution is -2.31. The van der Waals surface area contributed by atoms with E-state index in [2.05, 4.69) is 19.8 Å². The largest absolute Gasteiger partial charge is 0.462 e. The highest BCUT2D eigenvalue weighted by Crippen LogP contribution is 2.37. The Morgan fingerprint density at radius 1 is 1.14 bits per heavy atom. The molecule has 2 saturated heterocycles. The number of nitrogens with zero attached hydrogens (tertiary/aromatic N) is 5. The number of carbonyl (C=O) groups is 1. The summed E-state index contributed by atoms with van der Waals surface area (Å²) in [6.45, 7) is 7.34. The Hall–Kier alpha value is -3.46. The van der Waals surface area contributed by atoms with Gasteiger partial charge in [-0.1, -0.05) is 12.1 Å². The molecule has 1 N–H and O–H groups in total. The number of fused-ring (bicyclic) bond motifs is 6. The number of anilines is 1. The third-order valence-electron chi connectivity index (χ3n) is 7.84. The van der Waals surface area contributed by atoms with Crippen molar-refractivity contribution in [3.63, 3.8) is 0 Å². The standard InChI is InChI=1S/C26H28N6O3/c1-2-35-25(34)21-22(33)18-9-27-26(29-23(18)32-20-6-4-3-5-19(20)28-24(21)32)31-13-16-11-30(10-15-7-8-15)12-17(16)14-31/h3-6,9,15-17,28H,2,7-8,10-14H2,1H3. The summed E-state index contributed by atoms with van der Waals surface area (Å²) in [4.78, 5) is 43.9. The molecule has 0 radical (unpaired) electrons. The number of hydrogen-bond donors (Lipinski definition) is 1. The Kier molecular flexibility index (Phi) is 4.64. The molecule has 0 amide bonds. The molecule has 1 saturated carbocycles. The second kappa shape index (κ2) is 7.78. The molecule has 7 rings (SSSR count). The van der Waals surface area contributed by atoms with Crippen LogP contribution >= 0.6 is 0 Å². The lowest BCUT2D eigenvalue weighted by atomic mass is 10.0. The molecule has 180 valence electrons. The molecular formula is C26H28N6O3. The van der Waals surface area contributed by atoms with E-state index in [1.165, 1.54) is 19.4 Å². The molecule has 1 aliphatic carbocycles. The minimum Gasteiger partial charge on any atom is -0.462 e. The molecule has 3 fully saturated rings. The van der Waals surface area contributed by atoms with Crippen LogP contribution in [0.5, 0.6) is 0 Å². The molecular weight excluding hydrogens is 444 g/mol. The van der Waals surface area contributed by atoms with Crippen LogP contribution in [-0.4, -0.2) is 69.6 Å². The van der Waals surface area contributed by atoms with Crippen molar-refractivity contribution in [2.75, 3.05) is 44.2 Å². The van der Waals surface area contributed by atoms with E-state index in [4.69, 9.17) is 9.72 Å². The second-order valence-electron chi connectivity index (χ2n) is 10.2. The SMILES string of the molecule is CCOC(=O)c1c(=O)c2cnc(N3CC4CN(CC5CC5)CC4C3)nc2n2c1[nH]c1ccccc12. The molecule has 9 heteroatoms. The first-order valence-electron chi connectivity index (χ1n) is 12.6. The van der Waals surface area contributed by atoms with E-state index in [-0.39, 0.29) is 12.2 Å². The van der Waals surface area contributed by atoms with E-state index in [0.29, 0.717) is 34.5 Å². The Morgan fingerprint density at radius 2 is 1.91 bits per heavy atom. The van der Waals surface area contributed by atoms with E-state index in [1.54, 1.807) is 13.1 Å². The maximum absolute atomic E-state index is 13.4. The van der Waals surface area contributed by atoms with Crippen LogP contribution in [0.4, 0.5) is 5.95 Å². The third-order valence-corrected chi connectivity index (χ3v) is 7.84. The highest BCUT2D eigenvalue weighted by molar-refractivity contribution is 6.02. The van der Waals surface area contributed by atoms with Crippen LogP contribution in [0.15, 0.2) is 35.3 Å². The number of rotatable bonds is 5. The Bertz CT molecular complexity index is 1520. The molecule has 0 bridgehead atoms. The fraction of sp³-hybridized carbons (Fsp3) is 0.462. The van der Waals surface area contributed by atoms with Crippen LogP contribution < -0.4 is 10.3 Å². The van der Waals surface area contributed by atoms with Gasteiger partial charge in [-0.2, -0.15) is 4.98 Å². The van der Waals surface area contributed by atoms with E-state index in [1.807, 2.05) is 28.7 Å². The summed E-state index contributed by atoms with van der Waals surface area (Å²) in [7, 11) is 0. The number of hydrogen-bond acceptors (Lipinski definition) is 7. The van der Waals surface area contributed by atoms with E-state index >= 15 is 0 Å². The average molecular weight is 473 g/mol. The van der Waals surface area contributed by atoms with Gasteiger partial charge in [0.05, 0.1) is 23.0 Å². The smallest absolute Gasteiger partial charge is 0.345 e. The van der Waals surface area contributed by atoms with Crippen LogP contribution in [-0.2, 0) is 4.74 Å². The number of aromatic nitrogens is 4. The number of para-hydroxylation sites is 2. The summed E-state index contributed by atoms with van der Waals surface area (Å²) < 4.78 is 7.08. The number of benzene rings is 1. The van der Waals surface area contributed by atoms with E-state index in [0.717, 1.165) is 43.1 Å².